The highest BCUT2D eigenvalue weighted by Gasteiger charge is 2.15. The molecule has 1 fully saturated rings. The van der Waals surface area contributed by atoms with Gasteiger partial charge in [-0.3, -0.25) is 4.79 Å². The molecule has 0 spiro atoms. The summed E-state index contributed by atoms with van der Waals surface area (Å²) in [5.41, 5.74) is 1.29. The average Bonchev–Trinajstić information content (AvgIpc) is 2.61. The molecule has 0 aliphatic carbocycles. The summed E-state index contributed by atoms with van der Waals surface area (Å²) in [4.78, 5) is 18.5. The van der Waals surface area contributed by atoms with E-state index < -0.39 is 0 Å². The van der Waals surface area contributed by atoms with E-state index >= 15 is 0 Å². The van der Waals surface area contributed by atoms with Crippen LogP contribution in [0.2, 0.25) is 0 Å². The number of nitrogens with one attached hydrogen (secondary N) is 2. The number of likely N-dealkylation sites (tertiary alicyclic amines) is 1. The summed E-state index contributed by atoms with van der Waals surface area (Å²) < 4.78 is 0. The molecule has 0 unspecified atom stereocenters. The van der Waals surface area contributed by atoms with Gasteiger partial charge in [-0.05, 0) is 38.2 Å². The maximum atomic E-state index is 12.2. The van der Waals surface area contributed by atoms with Gasteiger partial charge < -0.3 is 15.5 Å². The van der Waals surface area contributed by atoms with E-state index in [2.05, 4.69) is 27.8 Å². The van der Waals surface area contributed by atoms with Crippen LogP contribution in [0.25, 0.3) is 0 Å². The highest BCUT2D eigenvalue weighted by atomic mass is 16.2. The SMILES string of the molecule is CCNC(=NCC(=O)N1CCCCC1)NCCc1ccccc1. The first-order valence-corrected chi connectivity index (χ1v) is 8.63. The lowest BCUT2D eigenvalue weighted by molar-refractivity contribution is -0.130. The molecule has 1 amide bonds. The number of hydrogen-bond donors (Lipinski definition) is 2. The van der Waals surface area contributed by atoms with Crippen molar-refractivity contribution in [1.29, 1.82) is 0 Å². The Morgan fingerprint density at radius 1 is 1.13 bits per heavy atom. The second-order valence-electron chi connectivity index (χ2n) is 5.80. The lowest BCUT2D eigenvalue weighted by Gasteiger charge is -2.26. The number of nitrogens with zero attached hydrogens (tertiary/aromatic N) is 2. The minimum atomic E-state index is 0.130. The Hall–Kier alpha value is -2.04. The van der Waals surface area contributed by atoms with Crippen LogP contribution in [-0.4, -0.2) is 49.5 Å². The van der Waals surface area contributed by atoms with E-state index in [9.17, 15) is 4.79 Å². The van der Waals surface area contributed by atoms with Crippen LogP contribution >= 0.6 is 0 Å². The molecule has 1 aliphatic rings. The number of amides is 1. The summed E-state index contributed by atoms with van der Waals surface area (Å²) in [5.74, 6) is 0.846. The topological polar surface area (TPSA) is 56.7 Å². The van der Waals surface area contributed by atoms with E-state index in [1.165, 1.54) is 12.0 Å². The van der Waals surface area contributed by atoms with Crippen molar-refractivity contribution >= 4 is 11.9 Å². The summed E-state index contributed by atoms with van der Waals surface area (Å²) in [6.45, 7) is 5.60. The third-order valence-corrected chi connectivity index (χ3v) is 3.97. The maximum Gasteiger partial charge on any atom is 0.244 e. The first-order chi connectivity index (χ1) is 11.3. The lowest BCUT2D eigenvalue weighted by Crippen LogP contribution is -2.41. The Morgan fingerprint density at radius 3 is 2.57 bits per heavy atom. The van der Waals surface area contributed by atoms with Gasteiger partial charge in [-0.2, -0.15) is 0 Å². The second-order valence-corrected chi connectivity index (χ2v) is 5.80. The zero-order chi connectivity index (χ0) is 16.3. The molecule has 0 atom stereocenters. The molecule has 2 N–H and O–H groups in total. The van der Waals surface area contributed by atoms with Gasteiger partial charge in [0.05, 0.1) is 0 Å². The van der Waals surface area contributed by atoms with Gasteiger partial charge in [0.25, 0.3) is 0 Å². The summed E-state index contributed by atoms with van der Waals surface area (Å²) >= 11 is 0. The molecule has 1 heterocycles. The lowest BCUT2D eigenvalue weighted by atomic mass is 10.1. The zero-order valence-electron chi connectivity index (χ0n) is 14.1. The fraction of sp³-hybridized carbons (Fsp3) is 0.556. The molecule has 1 saturated heterocycles. The van der Waals surface area contributed by atoms with Gasteiger partial charge in [0.2, 0.25) is 5.91 Å². The summed E-state index contributed by atoms with van der Waals surface area (Å²) in [6.07, 6.45) is 4.40. The summed E-state index contributed by atoms with van der Waals surface area (Å²) in [5, 5.41) is 6.49. The van der Waals surface area contributed by atoms with Gasteiger partial charge in [-0.1, -0.05) is 30.3 Å². The molecule has 1 aromatic carbocycles. The number of carbonyl (C=O) groups excluding carboxylic acids is 1. The number of piperidine rings is 1. The molecule has 0 radical (unpaired) electrons. The Balaban J connectivity index is 1.78. The van der Waals surface area contributed by atoms with E-state index in [1.54, 1.807) is 0 Å². The molecule has 2 rings (SSSR count). The van der Waals surface area contributed by atoms with Crippen molar-refractivity contribution in [1.82, 2.24) is 15.5 Å². The van der Waals surface area contributed by atoms with Crippen LogP contribution in [0.15, 0.2) is 35.3 Å². The van der Waals surface area contributed by atoms with E-state index in [1.807, 2.05) is 30.0 Å². The molecule has 5 heteroatoms. The fourth-order valence-corrected chi connectivity index (χ4v) is 2.70. The van der Waals surface area contributed by atoms with Crippen LogP contribution in [0.5, 0.6) is 0 Å². The predicted molar refractivity (Wildman–Crippen MR) is 94.6 cm³/mol. The summed E-state index contributed by atoms with van der Waals surface area (Å²) in [6, 6.07) is 10.4. The number of benzene rings is 1. The average molecular weight is 316 g/mol. The molecular weight excluding hydrogens is 288 g/mol. The van der Waals surface area contributed by atoms with Crippen LogP contribution < -0.4 is 10.6 Å². The molecule has 0 bridgehead atoms. The molecule has 5 nitrogen and oxygen atoms in total. The van der Waals surface area contributed by atoms with E-state index in [4.69, 9.17) is 0 Å². The van der Waals surface area contributed by atoms with E-state index in [0.29, 0.717) is 5.96 Å². The van der Waals surface area contributed by atoms with Crippen molar-refractivity contribution in [2.24, 2.45) is 4.99 Å². The standard InChI is InChI=1S/C18H28N4O/c1-2-19-18(20-12-11-16-9-5-3-6-10-16)21-15-17(23)22-13-7-4-8-14-22/h3,5-6,9-10H,2,4,7-8,11-15H2,1H3,(H2,19,20,21). The largest absolute Gasteiger partial charge is 0.357 e. The smallest absolute Gasteiger partial charge is 0.244 e. The van der Waals surface area contributed by atoms with Crippen LogP contribution in [0, 0.1) is 0 Å². The van der Waals surface area contributed by atoms with Crippen molar-refractivity contribution in [3.63, 3.8) is 0 Å². The van der Waals surface area contributed by atoms with E-state index in [0.717, 1.165) is 45.4 Å². The number of hydrogen-bond acceptors (Lipinski definition) is 2. The maximum absolute atomic E-state index is 12.2. The number of rotatable bonds is 6. The number of aliphatic imine (C=N–C) groups is 1. The van der Waals surface area contributed by atoms with Crippen molar-refractivity contribution in [2.45, 2.75) is 32.6 Å². The number of guanidine groups is 1. The van der Waals surface area contributed by atoms with Crippen molar-refractivity contribution in [2.75, 3.05) is 32.7 Å². The van der Waals surface area contributed by atoms with Crippen LogP contribution in [0.4, 0.5) is 0 Å². The fourth-order valence-electron chi connectivity index (χ4n) is 2.70. The van der Waals surface area contributed by atoms with Crippen LogP contribution in [0.3, 0.4) is 0 Å². The molecular formula is C18H28N4O. The van der Waals surface area contributed by atoms with Gasteiger partial charge >= 0.3 is 0 Å². The minimum Gasteiger partial charge on any atom is -0.357 e. The molecule has 1 aliphatic heterocycles. The Labute approximate surface area is 139 Å². The number of carbonyl (C=O) groups is 1. The van der Waals surface area contributed by atoms with Gasteiger partial charge in [-0.15, -0.1) is 0 Å². The Bertz CT molecular complexity index is 495. The van der Waals surface area contributed by atoms with Gasteiger partial charge in [-0.25, -0.2) is 4.99 Å². The van der Waals surface area contributed by atoms with Crippen molar-refractivity contribution in [3.8, 4) is 0 Å². The van der Waals surface area contributed by atoms with Gasteiger partial charge in [0, 0.05) is 26.2 Å². The Kier molecular flexibility index (Phi) is 7.43. The molecule has 1 aromatic rings. The minimum absolute atomic E-state index is 0.130. The van der Waals surface area contributed by atoms with Crippen molar-refractivity contribution in [3.05, 3.63) is 35.9 Å². The third kappa shape index (κ3) is 6.30. The first-order valence-electron chi connectivity index (χ1n) is 8.63. The van der Waals surface area contributed by atoms with Crippen LogP contribution in [-0.2, 0) is 11.2 Å². The quantitative estimate of drug-likeness (QED) is 0.621. The van der Waals surface area contributed by atoms with Crippen LogP contribution in [0.1, 0.15) is 31.7 Å². The zero-order valence-corrected chi connectivity index (χ0v) is 14.1. The van der Waals surface area contributed by atoms with Gasteiger partial charge in [0.15, 0.2) is 5.96 Å². The highest BCUT2D eigenvalue weighted by molar-refractivity contribution is 5.85. The van der Waals surface area contributed by atoms with Crippen molar-refractivity contribution < 1.29 is 4.79 Å². The second kappa shape index (κ2) is 9.87. The molecule has 23 heavy (non-hydrogen) atoms. The predicted octanol–water partition coefficient (Wildman–Crippen LogP) is 1.80. The molecule has 0 aromatic heterocycles. The molecule has 0 saturated carbocycles. The highest BCUT2D eigenvalue weighted by Crippen LogP contribution is 2.08. The van der Waals surface area contributed by atoms with Gasteiger partial charge in [0.1, 0.15) is 6.54 Å². The Morgan fingerprint density at radius 2 is 1.87 bits per heavy atom. The normalized spacial score (nSPS) is 15.3. The van der Waals surface area contributed by atoms with E-state index in [-0.39, 0.29) is 12.5 Å². The monoisotopic (exact) mass is 316 g/mol. The molecule has 126 valence electrons. The summed E-state index contributed by atoms with van der Waals surface area (Å²) in [7, 11) is 0. The first kappa shape index (κ1) is 17.3. The third-order valence-electron chi connectivity index (χ3n) is 3.97.